The number of carbonyl (C=O) groups excluding carboxylic acids is 1. The zero-order valence-corrected chi connectivity index (χ0v) is 17.5. The Morgan fingerprint density at radius 3 is 2.57 bits per heavy atom. The number of para-hydroxylation sites is 1. The predicted molar refractivity (Wildman–Crippen MR) is 118 cm³/mol. The molecule has 30 heavy (non-hydrogen) atoms. The Kier molecular flexibility index (Phi) is 4.95. The van der Waals surface area contributed by atoms with E-state index in [2.05, 4.69) is 61.2 Å². The van der Waals surface area contributed by atoms with E-state index in [1.165, 1.54) is 5.56 Å². The van der Waals surface area contributed by atoms with Gasteiger partial charge < -0.3 is 5.11 Å². The van der Waals surface area contributed by atoms with Crippen molar-refractivity contribution in [2.75, 3.05) is 0 Å². The van der Waals surface area contributed by atoms with E-state index >= 15 is 0 Å². The molecule has 2 aromatic carbocycles. The van der Waals surface area contributed by atoms with Crippen molar-refractivity contribution in [3.8, 4) is 18.2 Å². The third kappa shape index (κ3) is 3.61. The fourth-order valence-corrected chi connectivity index (χ4v) is 3.86. The molecule has 0 spiro atoms. The average molecular weight is 399 g/mol. The number of nitrogens with zero attached hydrogens (tertiary/aromatic N) is 3. The van der Waals surface area contributed by atoms with Crippen LogP contribution in [0.1, 0.15) is 44.2 Å². The molecule has 0 saturated heterocycles. The van der Waals surface area contributed by atoms with Gasteiger partial charge in [0.25, 0.3) is 5.91 Å². The molecule has 4 rings (SSSR count). The van der Waals surface area contributed by atoms with Gasteiger partial charge >= 0.3 is 0 Å². The number of aromatic hydroxyl groups is 1. The van der Waals surface area contributed by atoms with Crippen molar-refractivity contribution in [2.45, 2.75) is 45.1 Å². The lowest BCUT2D eigenvalue weighted by molar-refractivity contribution is -0.119. The standard InChI is InChI=1S/C25H25N3O2/c1-5-14-28-21-9-7-6-8-18(21)22(24(28)30)26-27-23(29)20-15-19(20)16-10-12-17(13-11-16)25(2,3)4/h1,6-13,19-20,30H,14-15H2,2-4H3/t19-,20+/m1/s1. The minimum absolute atomic E-state index is 0.0733. The molecule has 1 amide bonds. The van der Waals surface area contributed by atoms with Crippen LogP contribution in [0.15, 0.2) is 58.8 Å². The molecule has 3 aromatic rings. The Labute approximate surface area is 176 Å². The number of benzene rings is 2. The summed E-state index contributed by atoms with van der Waals surface area (Å²) in [5.41, 5.74) is 3.57. The molecule has 1 aromatic heterocycles. The highest BCUT2D eigenvalue weighted by Crippen LogP contribution is 2.49. The number of rotatable bonds is 4. The van der Waals surface area contributed by atoms with Gasteiger partial charge in [0.1, 0.15) is 0 Å². The molecule has 2 atom stereocenters. The third-order valence-corrected chi connectivity index (χ3v) is 5.73. The van der Waals surface area contributed by atoms with Crippen LogP contribution in [0.25, 0.3) is 10.9 Å². The molecule has 0 aliphatic heterocycles. The van der Waals surface area contributed by atoms with Crippen LogP contribution in [0.5, 0.6) is 5.88 Å². The first-order valence-electron chi connectivity index (χ1n) is 10.1. The molecule has 0 unspecified atom stereocenters. The molecule has 1 aliphatic carbocycles. The second kappa shape index (κ2) is 7.46. The number of aromatic nitrogens is 1. The van der Waals surface area contributed by atoms with Gasteiger partial charge in [0.15, 0.2) is 5.69 Å². The summed E-state index contributed by atoms with van der Waals surface area (Å²) in [5, 5.41) is 19.3. The Morgan fingerprint density at radius 1 is 1.20 bits per heavy atom. The Balaban J connectivity index is 1.52. The topological polar surface area (TPSA) is 66.9 Å². The first-order valence-corrected chi connectivity index (χ1v) is 10.1. The smallest absolute Gasteiger partial charge is 0.268 e. The van der Waals surface area contributed by atoms with E-state index in [0.29, 0.717) is 5.39 Å². The fraction of sp³-hybridized carbons (Fsp3) is 0.320. The summed E-state index contributed by atoms with van der Waals surface area (Å²) < 4.78 is 1.59. The van der Waals surface area contributed by atoms with Crippen LogP contribution < -0.4 is 0 Å². The van der Waals surface area contributed by atoms with E-state index in [9.17, 15) is 9.90 Å². The van der Waals surface area contributed by atoms with E-state index in [1.807, 2.05) is 24.3 Å². The van der Waals surface area contributed by atoms with Gasteiger partial charge in [-0.05, 0) is 34.9 Å². The van der Waals surface area contributed by atoms with Crippen molar-refractivity contribution in [2.24, 2.45) is 16.1 Å². The monoisotopic (exact) mass is 399 g/mol. The van der Waals surface area contributed by atoms with Gasteiger partial charge in [0.05, 0.1) is 12.1 Å². The third-order valence-electron chi connectivity index (χ3n) is 5.73. The molecular formula is C25H25N3O2. The van der Waals surface area contributed by atoms with Crippen LogP contribution >= 0.6 is 0 Å². The van der Waals surface area contributed by atoms with E-state index in [0.717, 1.165) is 17.5 Å². The summed E-state index contributed by atoms with van der Waals surface area (Å²) in [6.07, 6.45) is 6.19. The Morgan fingerprint density at radius 2 is 1.90 bits per heavy atom. The maximum absolute atomic E-state index is 12.6. The second-order valence-electron chi connectivity index (χ2n) is 8.84. The molecule has 1 heterocycles. The minimum atomic E-state index is -0.256. The zero-order chi connectivity index (χ0) is 21.5. The van der Waals surface area contributed by atoms with Crippen molar-refractivity contribution in [1.29, 1.82) is 0 Å². The molecule has 1 aliphatic rings. The first-order chi connectivity index (χ1) is 14.3. The molecule has 5 nitrogen and oxygen atoms in total. The van der Waals surface area contributed by atoms with Gasteiger partial charge in [0.2, 0.25) is 5.88 Å². The quantitative estimate of drug-likeness (QED) is 0.452. The normalized spacial score (nSPS) is 18.6. The molecule has 1 saturated carbocycles. The molecule has 0 bridgehead atoms. The largest absolute Gasteiger partial charge is 0.493 e. The summed E-state index contributed by atoms with van der Waals surface area (Å²) in [5.74, 6) is 2.22. The lowest BCUT2D eigenvalue weighted by atomic mass is 9.86. The van der Waals surface area contributed by atoms with Gasteiger partial charge in [-0.25, -0.2) is 0 Å². The summed E-state index contributed by atoms with van der Waals surface area (Å²) in [7, 11) is 0. The number of terminal acetylenes is 1. The highest BCUT2D eigenvalue weighted by molar-refractivity contribution is 5.95. The molecule has 0 radical (unpaired) electrons. The lowest BCUT2D eigenvalue weighted by Gasteiger charge is -2.19. The predicted octanol–water partition coefficient (Wildman–Crippen LogP) is 5.69. The number of amides is 1. The maximum atomic E-state index is 12.6. The van der Waals surface area contributed by atoms with Crippen LogP contribution in [0, 0.1) is 18.3 Å². The fourth-order valence-electron chi connectivity index (χ4n) is 3.86. The van der Waals surface area contributed by atoms with Crippen LogP contribution in [0.3, 0.4) is 0 Å². The summed E-state index contributed by atoms with van der Waals surface area (Å²) in [4.78, 5) is 12.6. The van der Waals surface area contributed by atoms with E-state index in [4.69, 9.17) is 6.42 Å². The van der Waals surface area contributed by atoms with Crippen LogP contribution in [-0.2, 0) is 16.8 Å². The highest BCUT2D eigenvalue weighted by Gasteiger charge is 2.44. The van der Waals surface area contributed by atoms with Gasteiger partial charge in [0, 0.05) is 11.3 Å². The van der Waals surface area contributed by atoms with Crippen molar-refractivity contribution >= 4 is 22.5 Å². The molecular weight excluding hydrogens is 374 g/mol. The van der Waals surface area contributed by atoms with Gasteiger partial charge in [-0.2, -0.15) is 0 Å². The molecule has 1 N–H and O–H groups in total. The first kappa shape index (κ1) is 19.9. The number of hydrogen-bond acceptors (Lipinski definition) is 3. The van der Waals surface area contributed by atoms with Crippen LogP contribution in [0.4, 0.5) is 5.69 Å². The van der Waals surface area contributed by atoms with Crippen molar-refractivity contribution in [3.05, 3.63) is 59.7 Å². The maximum Gasteiger partial charge on any atom is 0.268 e. The summed E-state index contributed by atoms with van der Waals surface area (Å²) >= 11 is 0. The summed E-state index contributed by atoms with van der Waals surface area (Å²) in [6.45, 7) is 6.76. The van der Waals surface area contributed by atoms with Crippen molar-refractivity contribution in [3.63, 3.8) is 0 Å². The lowest BCUT2D eigenvalue weighted by Crippen LogP contribution is -2.10. The van der Waals surface area contributed by atoms with Crippen molar-refractivity contribution in [1.82, 2.24) is 4.57 Å². The van der Waals surface area contributed by atoms with Gasteiger partial charge in [-0.15, -0.1) is 16.7 Å². The SMILES string of the molecule is C#CCn1c(O)c(N=NC(=O)[C@H]2C[C@@H]2c2ccc(C(C)(C)C)cc2)c2ccccc21. The molecule has 5 heteroatoms. The summed E-state index contributed by atoms with van der Waals surface area (Å²) in [6, 6.07) is 15.9. The number of fused-ring (bicyclic) bond motifs is 1. The van der Waals surface area contributed by atoms with Gasteiger partial charge in [-0.1, -0.05) is 69.2 Å². The molecule has 1 fully saturated rings. The Bertz CT molecular complexity index is 1170. The number of hydrogen-bond donors (Lipinski definition) is 1. The van der Waals surface area contributed by atoms with E-state index < -0.39 is 0 Å². The van der Waals surface area contributed by atoms with Crippen LogP contribution in [-0.4, -0.2) is 15.6 Å². The minimum Gasteiger partial charge on any atom is -0.493 e. The van der Waals surface area contributed by atoms with E-state index in [-0.39, 0.29) is 41.3 Å². The Hall–Kier alpha value is -3.39. The second-order valence-corrected chi connectivity index (χ2v) is 8.84. The van der Waals surface area contributed by atoms with Gasteiger partial charge in [-0.3, -0.25) is 9.36 Å². The zero-order valence-electron chi connectivity index (χ0n) is 17.5. The van der Waals surface area contributed by atoms with E-state index in [1.54, 1.807) is 4.57 Å². The number of carbonyl (C=O) groups is 1. The van der Waals surface area contributed by atoms with Crippen LogP contribution in [0.2, 0.25) is 0 Å². The van der Waals surface area contributed by atoms with Crippen molar-refractivity contribution < 1.29 is 9.90 Å². The highest BCUT2D eigenvalue weighted by atomic mass is 16.3. The molecule has 152 valence electrons. The average Bonchev–Trinajstić information content (AvgIpc) is 3.48. The number of azo groups is 1.